The second-order valence-electron chi connectivity index (χ2n) is 12.4. The van der Waals surface area contributed by atoms with Crippen molar-refractivity contribution in [1.29, 1.82) is 0 Å². The maximum absolute atomic E-state index is 13.4. The van der Waals surface area contributed by atoms with Crippen LogP contribution in [0.1, 0.15) is 78.9 Å². The number of rotatable bonds is 12. The lowest BCUT2D eigenvalue weighted by atomic mass is 9.62. The van der Waals surface area contributed by atoms with Crippen LogP contribution in [0.25, 0.3) is 0 Å². The molecule has 3 atom stereocenters. The van der Waals surface area contributed by atoms with Crippen LogP contribution >= 0.6 is 11.6 Å². The van der Waals surface area contributed by atoms with Gasteiger partial charge in [-0.25, -0.2) is 0 Å². The van der Waals surface area contributed by atoms with Crippen molar-refractivity contribution >= 4 is 28.9 Å². The molecule has 0 saturated heterocycles. The zero-order valence-corrected chi connectivity index (χ0v) is 25.1. The summed E-state index contributed by atoms with van der Waals surface area (Å²) in [6, 6.07) is 5.99. The molecule has 1 fully saturated rings. The van der Waals surface area contributed by atoms with Crippen molar-refractivity contribution in [3.8, 4) is 0 Å². The first-order chi connectivity index (χ1) is 16.6. The summed E-state index contributed by atoms with van der Waals surface area (Å²) in [6.07, 6.45) is 3.52. The van der Waals surface area contributed by atoms with Gasteiger partial charge in [-0.15, -0.1) is 4.72 Å². The van der Waals surface area contributed by atoms with E-state index in [1.807, 2.05) is 45.9 Å². The summed E-state index contributed by atoms with van der Waals surface area (Å²) in [7, 11) is 3.01. The quantitative estimate of drug-likeness (QED) is 0.150. The van der Waals surface area contributed by atoms with Crippen LogP contribution in [0.3, 0.4) is 0 Å². The Morgan fingerprint density at radius 1 is 1.17 bits per heavy atom. The number of hydrogen-bond donors (Lipinski definition) is 1. The molecule has 0 aromatic heterocycles. The molecule has 1 aliphatic carbocycles. The topological polar surface area (TPSA) is 79.9 Å². The van der Waals surface area contributed by atoms with Gasteiger partial charge in [-0.3, -0.25) is 4.79 Å². The number of carbonyl (C=O) groups is 1. The van der Waals surface area contributed by atoms with E-state index in [4.69, 9.17) is 25.8 Å². The van der Waals surface area contributed by atoms with Crippen LogP contribution in [0.2, 0.25) is 5.02 Å². The Kier molecular flexibility index (Phi) is 11.2. The maximum Gasteiger partial charge on any atom is 0.311 e. The Bertz CT molecular complexity index is 862. The molecule has 1 aliphatic rings. The number of ether oxygens (including phenoxy) is 3. The fraction of sp³-hybridized carbons (Fsp3) is 0.750. The van der Waals surface area contributed by atoms with E-state index < -0.39 is 27.6 Å². The van der Waals surface area contributed by atoms with Crippen LogP contribution < -0.4 is 4.72 Å². The highest BCUT2D eigenvalue weighted by Gasteiger charge is 2.53. The highest BCUT2D eigenvalue weighted by Crippen LogP contribution is 2.48. The Balaban J connectivity index is 2.42. The molecule has 2 unspecified atom stereocenters. The van der Waals surface area contributed by atoms with Crippen molar-refractivity contribution in [3.63, 3.8) is 0 Å². The van der Waals surface area contributed by atoms with E-state index in [0.29, 0.717) is 17.5 Å². The molecule has 0 aliphatic heterocycles. The van der Waals surface area contributed by atoms with Gasteiger partial charge in [0.2, 0.25) is 0 Å². The summed E-state index contributed by atoms with van der Waals surface area (Å²) in [6.45, 7) is 15.2. The molecule has 8 heteroatoms. The third-order valence-electron chi connectivity index (χ3n) is 7.03. The molecular weight excluding hydrogens is 498 g/mol. The number of carbonyl (C=O) groups excluding carboxylic acids is 1. The molecule has 0 amide bonds. The fourth-order valence-corrected chi connectivity index (χ4v) is 5.96. The Labute approximate surface area is 226 Å². The SMILES string of the molecule is COCOCC1CC(C(C(=O)OC)C(C)(N[S@@+]([O-])C(C)(C)C)c2ccc(CCC(C)(C)C)c(Cl)c2)C1. The van der Waals surface area contributed by atoms with Gasteiger partial charge >= 0.3 is 5.97 Å². The fourth-order valence-electron chi connectivity index (χ4n) is 4.75. The lowest BCUT2D eigenvalue weighted by Crippen LogP contribution is -2.58. The molecular formula is C28H46ClNO5S. The van der Waals surface area contributed by atoms with E-state index in [1.165, 1.54) is 7.11 Å². The van der Waals surface area contributed by atoms with Crippen molar-refractivity contribution in [2.24, 2.45) is 23.2 Å². The molecule has 0 heterocycles. The smallest absolute Gasteiger partial charge is 0.311 e. The van der Waals surface area contributed by atoms with Crippen molar-refractivity contribution < 1.29 is 23.6 Å². The second kappa shape index (κ2) is 12.8. The lowest BCUT2D eigenvalue weighted by Gasteiger charge is -2.47. The van der Waals surface area contributed by atoms with Crippen LogP contribution in [-0.2, 0) is 42.3 Å². The highest BCUT2D eigenvalue weighted by atomic mass is 35.5. The number of hydrogen-bond acceptors (Lipinski definition) is 6. The first kappa shape index (κ1) is 31.4. The number of halogens is 1. The minimum absolute atomic E-state index is 0.0578. The molecule has 1 N–H and O–H groups in total. The van der Waals surface area contributed by atoms with E-state index in [2.05, 4.69) is 25.5 Å². The summed E-state index contributed by atoms with van der Waals surface area (Å²) in [5, 5.41) is 0.661. The Hall–Kier alpha value is -0.830. The van der Waals surface area contributed by atoms with Gasteiger partial charge in [0, 0.05) is 23.5 Å². The molecule has 1 saturated carbocycles. The maximum atomic E-state index is 13.4. The van der Waals surface area contributed by atoms with Crippen molar-refractivity contribution in [3.05, 3.63) is 34.3 Å². The predicted octanol–water partition coefficient (Wildman–Crippen LogP) is 6.02. The van der Waals surface area contributed by atoms with Crippen LogP contribution in [0.15, 0.2) is 18.2 Å². The van der Waals surface area contributed by atoms with Crippen LogP contribution in [0, 0.1) is 23.2 Å². The normalized spacial score (nSPS) is 21.9. The third kappa shape index (κ3) is 8.34. The number of esters is 1. The number of benzene rings is 1. The average Bonchev–Trinajstić information content (AvgIpc) is 2.74. The Morgan fingerprint density at radius 2 is 1.81 bits per heavy atom. The van der Waals surface area contributed by atoms with E-state index in [9.17, 15) is 9.35 Å². The molecule has 36 heavy (non-hydrogen) atoms. The Morgan fingerprint density at radius 3 is 2.31 bits per heavy atom. The molecule has 1 aromatic carbocycles. The van der Waals surface area contributed by atoms with Gasteiger partial charge in [-0.2, -0.15) is 0 Å². The van der Waals surface area contributed by atoms with Gasteiger partial charge in [0.15, 0.2) is 0 Å². The highest BCUT2D eigenvalue weighted by molar-refractivity contribution is 7.90. The first-order valence-electron chi connectivity index (χ1n) is 12.8. The van der Waals surface area contributed by atoms with Crippen LogP contribution in [-0.4, -0.2) is 42.9 Å². The van der Waals surface area contributed by atoms with Crippen molar-refractivity contribution in [2.45, 2.75) is 84.4 Å². The van der Waals surface area contributed by atoms with E-state index >= 15 is 0 Å². The van der Waals surface area contributed by atoms with Gasteiger partial charge < -0.3 is 18.8 Å². The zero-order chi connectivity index (χ0) is 27.3. The van der Waals surface area contributed by atoms with Gasteiger partial charge in [0.25, 0.3) is 0 Å². The molecule has 206 valence electrons. The molecule has 0 spiro atoms. The molecule has 0 radical (unpaired) electrons. The van der Waals surface area contributed by atoms with E-state index in [-0.39, 0.29) is 24.1 Å². The molecule has 1 aromatic rings. The lowest BCUT2D eigenvalue weighted by molar-refractivity contribution is -0.155. The number of methoxy groups -OCH3 is 2. The molecule has 6 nitrogen and oxygen atoms in total. The van der Waals surface area contributed by atoms with Gasteiger partial charge in [-0.1, -0.05) is 44.5 Å². The van der Waals surface area contributed by atoms with E-state index in [0.717, 1.165) is 36.8 Å². The largest absolute Gasteiger partial charge is 0.598 e. The standard InChI is InChI=1S/C28H46ClNO5S/c1-26(2,3)13-12-20-10-11-22(16-23(20)29)28(7,30-36(32)27(4,5)6)24(25(31)34-9)21-14-19(15-21)17-35-18-33-8/h10-11,16,19,21,24,30H,12-15,17-18H2,1-9H3/t19?,21?,24?,28?,36-/m0/s1. The van der Waals surface area contributed by atoms with E-state index in [1.54, 1.807) is 7.11 Å². The predicted molar refractivity (Wildman–Crippen MR) is 147 cm³/mol. The zero-order valence-electron chi connectivity index (χ0n) is 23.5. The van der Waals surface area contributed by atoms with Crippen molar-refractivity contribution in [2.75, 3.05) is 27.6 Å². The third-order valence-corrected chi connectivity index (χ3v) is 9.11. The summed E-state index contributed by atoms with van der Waals surface area (Å²) in [5.74, 6) is -0.450. The molecule has 2 rings (SSSR count). The monoisotopic (exact) mass is 543 g/mol. The first-order valence-corrected chi connectivity index (χ1v) is 14.3. The minimum atomic E-state index is -1.42. The van der Waals surface area contributed by atoms with Crippen LogP contribution in [0.5, 0.6) is 0 Å². The summed E-state index contributed by atoms with van der Waals surface area (Å²) < 4.78 is 32.0. The number of aryl methyl sites for hydroxylation is 1. The summed E-state index contributed by atoms with van der Waals surface area (Å²) in [4.78, 5) is 13.3. The average molecular weight is 544 g/mol. The minimum Gasteiger partial charge on any atom is -0.598 e. The number of nitrogens with one attached hydrogen (secondary N) is 1. The van der Waals surface area contributed by atoms with Gasteiger partial charge in [0.1, 0.15) is 11.5 Å². The second-order valence-corrected chi connectivity index (χ2v) is 14.8. The van der Waals surface area contributed by atoms with Crippen LogP contribution in [0.4, 0.5) is 0 Å². The molecule has 0 bridgehead atoms. The van der Waals surface area contributed by atoms with Crippen molar-refractivity contribution in [1.82, 2.24) is 4.72 Å². The van der Waals surface area contributed by atoms with Gasteiger partial charge in [-0.05, 0) is 87.8 Å². The van der Waals surface area contributed by atoms with Gasteiger partial charge in [0.05, 0.1) is 25.2 Å². The summed E-state index contributed by atoms with van der Waals surface area (Å²) in [5.41, 5.74) is 1.16. The summed E-state index contributed by atoms with van der Waals surface area (Å²) >= 11 is 5.36.